The van der Waals surface area contributed by atoms with Crippen molar-refractivity contribution in [1.29, 1.82) is 0 Å². The molecule has 0 aliphatic carbocycles. The van der Waals surface area contributed by atoms with E-state index in [9.17, 15) is 4.79 Å². The molecule has 0 bridgehead atoms. The van der Waals surface area contributed by atoms with E-state index in [0.29, 0.717) is 19.5 Å². The maximum atomic E-state index is 13.0. The Morgan fingerprint density at radius 1 is 0.970 bits per heavy atom. The fourth-order valence-electron chi connectivity index (χ4n) is 4.33. The molecule has 1 aromatic heterocycles. The fraction of sp³-hybridized carbons (Fsp3) is 0.320. The van der Waals surface area contributed by atoms with Crippen LogP contribution in [0, 0.1) is 0 Å². The third-order valence-electron chi connectivity index (χ3n) is 6.24. The van der Waals surface area contributed by atoms with Crippen molar-refractivity contribution >= 4 is 33.5 Å². The summed E-state index contributed by atoms with van der Waals surface area (Å²) in [6.07, 6.45) is 0.713. The van der Waals surface area contributed by atoms with Crippen LogP contribution in [0.1, 0.15) is 11.3 Å². The number of hydrogen-bond donors (Lipinski definition) is 1. The maximum Gasteiger partial charge on any atom is 0.322 e. The molecule has 8 heteroatoms. The van der Waals surface area contributed by atoms with E-state index < -0.39 is 0 Å². The van der Waals surface area contributed by atoms with E-state index in [0.717, 1.165) is 64.8 Å². The molecule has 170 valence electrons. The summed E-state index contributed by atoms with van der Waals surface area (Å²) in [5.74, 6) is 1.72. The zero-order chi connectivity index (χ0) is 22.8. The van der Waals surface area contributed by atoms with E-state index in [-0.39, 0.29) is 6.03 Å². The predicted octanol–water partition coefficient (Wildman–Crippen LogP) is 4.25. The number of fused-ring (bicyclic) bond motifs is 1. The molecule has 7 nitrogen and oxygen atoms in total. The number of piperazine rings is 1. The first kappa shape index (κ1) is 21.9. The van der Waals surface area contributed by atoms with Gasteiger partial charge < -0.3 is 20.0 Å². The molecule has 33 heavy (non-hydrogen) atoms. The summed E-state index contributed by atoms with van der Waals surface area (Å²) < 4.78 is 0.934. The summed E-state index contributed by atoms with van der Waals surface area (Å²) in [5.41, 5.74) is 3.90. The van der Waals surface area contributed by atoms with Gasteiger partial charge in [0.05, 0.1) is 12.2 Å². The highest BCUT2D eigenvalue weighted by Crippen LogP contribution is 2.30. The minimum absolute atomic E-state index is 0.102. The van der Waals surface area contributed by atoms with Gasteiger partial charge in [0.1, 0.15) is 5.82 Å². The van der Waals surface area contributed by atoms with Crippen LogP contribution in [-0.4, -0.2) is 65.6 Å². The van der Waals surface area contributed by atoms with Crippen LogP contribution in [0.4, 0.5) is 16.3 Å². The number of hydrogen-bond acceptors (Lipinski definition) is 5. The van der Waals surface area contributed by atoms with E-state index in [4.69, 9.17) is 9.97 Å². The van der Waals surface area contributed by atoms with Crippen LogP contribution in [0.3, 0.4) is 0 Å². The summed E-state index contributed by atoms with van der Waals surface area (Å²) in [6, 6.07) is 17.7. The largest absolute Gasteiger partial charge is 0.354 e. The minimum Gasteiger partial charge on any atom is -0.354 e. The Hall–Kier alpha value is -2.97. The first-order valence-electron chi connectivity index (χ1n) is 11.3. The standard InChI is InChI=1S/C25H27BrN6O/c1-30-12-14-31(15-13-30)24-21-17-32(25(33)27-20-9-5-8-19(26)16-20)11-10-22(21)28-23(29-24)18-6-3-2-4-7-18/h2-9,16H,10-15,17H2,1H3,(H,27,33). The molecule has 1 saturated heterocycles. The fourth-order valence-corrected chi connectivity index (χ4v) is 4.73. The number of anilines is 2. The molecular formula is C25H27BrN6O. The summed E-state index contributed by atoms with van der Waals surface area (Å²) >= 11 is 3.46. The second-order valence-corrected chi connectivity index (χ2v) is 9.48. The number of halogens is 1. The number of likely N-dealkylation sites (N-methyl/N-ethyl adjacent to an activating group) is 1. The van der Waals surface area contributed by atoms with Crippen LogP contribution in [0.15, 0.2) is 59.1 Å². The van der Waals surface area contributed by atoms with Crippen molar-refractivity contribution in [2.24, 2.45) is 0 Å². The molecule has 0 saturated carbocycles. The van der Waals surface area contributed by atoms with Crippen molar-refractivity contribution in [3.05, 3.63) is 70.3 Å². The Bertz CT molecular complexity index is 1150. The zero-order valence-corrected chi connectivity index (χ0v) is 20.3. The average Bonchev–Trinajstić information content (AvgIpc) is 2.84. The van der Waals surface area contributed by atoms with Crippen LogP contribution < -0.4 is 10.2 Å². The smallest absolute Gasteiger partial charge is 0.322 e. The summed E-state index contributed by atoms with van der Waals surface area (Å²) in [7, 11) is 2.15. The van der Waals surface area contributed by atoms with Crippen molar-refractivity contribution in [3.63, 3.8) is 0 Å². The topological polar surface area (TPSA) is 64.6 Å². The molecule has 2 aliphatic heterocycles. The highest BCUT2D eigenvalue weighted by molar-refractivity contribution is 9.10. The Morgan fingerprint density at radius 2 is 1.76 bits per heavy atom. The number of nitrogens with zero attached hydrogens (tertiary/aromatic N) is 5. The van der Waals surface area contributed by atoms with Gasteiger partial charge in [-0.15, -0.1) is 0 Å². The van der Waals surface area contributed by atoms with Crippen molar-refractivity contribution in [2.45, 2.75) is 13.0 Å². The van der Waals surface area contributed by atoms with E-state index >= 15 is 0 Å². The lowest BCUT2D eigenvalue weighted by atomic mass is 10.0. The monoisotopic (exact) mass is 506 g/mol. The molecule has 3 aromatic rings. The highest BCUT2D eigenvalue weighted by Gasteiger charge is 2.29. The number of aromatic nitrogens is 2. The highest BCUT2D eigenvalue weighted by atomic mass is 79.9. The van der Waals surface area contributed by atoms with Crippen molar-refractivity contribution in [2.75, 3.05) is 50.0 Å². The van der Waals surface area contributed by atoms with E-state index in [1.54, 1.807) is 0 Å². The summed E-state index contributed by atoms with van der Waals surface area (Å²) in [6.45, 7) is 4.95. The van der Waals surface area contributed by atoms with Gasteiger partial charge in [0, 0.05) is 60.4 Å². The molecule has 1 fully saturated rings. The predicted molar refractivity (Wildman–Crippen MR) is 134 cm³/mol. The van der Waals surface area contributed by atoms with Crippen LogP contribution in [0.2, 0.25) is 0 Å². The van der Waals surface area contributed by atoms with Crippen LogP contribution in [0.5, 0.6) is 0 Å². The van der Waals surface area contributed by atoms with Gasteiger partial charge in [-0.1, -0.05) is 52.3 Å². The third kappa shape index (κ3) is 4.86. The van der Waals surface area contributed by atoms with Crippen molar-refractivity contribution in [3.8, 4) is 11.4 Å². The van der Waals surface area contributed by atoms with E-state index in [1.807, 2.05) is 47.4 Å². The molecule has 0 unspecified atom stereocenters. The van der Waals surface area contributed by atoms with Crippen molar-refractivity contribution < 1.29 is 4.79 Å². The lowest BCUT2D eigenvalue weighted by molar-refractivity contribution is 0.206. The minimum atomic E-state index is -0.102. The molecule has 3 heterocycles. The second-order valence-electron chi connectivity index (χ2n) is 8.56. The number of carbonyl (C=O) groups excluding carboxylic acids is 1. The Morgan fingerprint density at radius 3 is 2.52 bits per heavy atom. The van der Waals surface area contributed by atoms with Crippen LogP contribution in [0.25, 0.3) is 11.4 Å². The lowest BCUT2D eigenvalue weighted by Gasteiger charge is -2.37. The number of benzene rings is 2. The van der Waals surface area contributed by atoms with Gasteiger partial charge in [0.25, 0.3) is 0 Å². The van der Waals surface area contributed by atoms with Crippen molar-refractivity contribution in [1.82, 2.24) is 19.8 Å². The third-order valence-corrected chi connectivity index (χ3v) is 6.73. The summed E-state index contributed by atoms with van der Waals surface area (Å²) in [5, 5.41) is 3.02. The molecule has 0 radical (unpaired) electrons. The zero-order valence-electron chi connectivity index (χ0n) is 18.7. The molecule has 0 atom stereocenters. The molecular weight excluding hydrogens is 480 g/mol. The van der Waals surface area contributed by atoms with Gasteiger partial charge in [-0.2, -0.15) is 0 Å². The SMILES string of the molecule is CN1CCN(c2nc(-c3ccccc3)nc3c2CN(C(=O)Nc2cccc(Br)c2)CC3)CC1. The van der Waals surface area contributed by atoms with Gasteiger partial charge in [0.15, 0.2) is 5.82 Å². The van der Waals surface area contributed by atoms with Crippen LogP contribution in [-0.2, 0) is 13.0 Å². The molecule has 5 rings (SSSR count). The lowest BCUT2D eigenvalue weighted by Crippen LogP contribution is -2.46. The van der Waals surface area contributed by atoms with Gasteiger partial charge in [0.2, 0.25) is 0 Å². The molecule has 2 aromatic carbocycles. The Kier molecular flexibility index (Phi) is 6.28. The number of carbonyl (C=O) groups is 1. The average molecular weight is 507 g/mol. The quantitative estimate of drug-likeness (QED) is 0.575. The first-order valence-corrected chi connectivity index (χ1v) is 12.1. The second kappa shape index (κ2) is 9.49. The van der Waals surface area contributed by atoms with Gasteiger partial charge in [-0.05, 0) is 25.2 Å². The van der Waals surface area contributed by atoms with Gasteiger partial charge in [-0.3, -0.25) is 0 Å². The molecule has 2 aliphatic rings. The molecule has 0 spiro atoms. The molecule has 1 N–H and O–H groups in total. The van der Waals surface area contributed by atoms with Crippen LogP contribution >= 0.6 is 15.9 Å². The Labute approximate surface area is 202 Å². The number of amides is 2. The summed E-state index contributed by atoms with van der Waals surface area (Å²) in [4.78, 5) is 29.5. The van der Waals surface area contributed by atoms with E-state index in [1.165, 1.54) is 0 Å². The maximum absolute atomic E-state index is 13.0. The molecule has 2 amide bonds. The van der Waals surface area contributed by atoms with Gasteiger partial charge >= 0.3 is 6.03 Å². The Balaban J connectivity index is 1.45. The number of rotatable bonds is 3. The number of urea groups is 1. The first-order chi connectivity index (χ1) is 16.1. The number of nitrogens with one attached hydrogen (secondary N) is 1. The van der Waals surface area contributed by atoms with Gasteiger partial charge in [-0.25, -0.2) is 14.8 Å². The van der Waals surface area contributed by atoms with E-state index in [2.05, 4.69) is 50.2 Å². The normalized spacial score (nSPS) is 16.4.